The standard InChI is InChI=1S/C13H26N4O5/c14-3-5-21-6-7-22-9-11(18)16-4-1-2-10-8-13(10,17-15)12(19)20/h10,17H,1-9,14-15H2,(H,16,18)(H,19,20)/p+1. The monoisotopic (exact) mass is 319 g/mol. The van der Waals surface area contributed by atoms with Crippen molar-refractivity contribution in [1.29, 1.82) is 0 Å². The molecule has 1 amide bonds. The Morgan fingerprint density at radius 1 is 1.32 bits per heavy atom. The van der Waals surface area contributed by atoms with E-state index in [4.69, 9.17) is 20.3 Å². The number of carbonyl (C=O) groups excluding carboxylic acids is 1. The van der Waals surface area contributed by atoms with Gasteiger partial charge in [-0.15, -0.1) is 0 Å². The van der Waals surface area contributed by atoms with Crippen LogP contribution < -0.4 is 22.3 Å². The first-order valence-electron chi connectivity index (χ1n) is 7.46. The first-order valence-corrected chi connectivity index (χ1v) is 7.46. The summed E-state index contributed by atoms with van der Waals surface area (Å²) in [4.78, 5) is 22.5. The number of quaternary nitrogens is 1. The first-order chi connectivity index (χ1) is 10.6. The number of nitrogens with two attached hydrogens (primary N) is 1. The van der Waals surface area contributed by atoms with Crippen molar-refractivity contribution >= 4 is 11.9 Å². The van der Waals surface area contributed by atoms with E-state index in [-0.39, 0.29) is 18.4 Å². The maximum Gasteiger partial charge on any atom is 0.329 e. The molecule has 2 unspecified atom stereocenters. The minimum atomic E-state index is -0.864. The van der Waals surface area contributed by atoms with Crippen LogP contribution in [0.1, 0.15) is 19.3 Å². The summed E-state index contributed by atoms with van der Waals surface area (Å²) in [6, 6.07) is 0. The molecule has 1 rings (SSSR count). The van der Waals surface area contributed by atoms with Crippen LogP contribution in [0.2, 0.25) is 0 Å². The zero-order valence-corrected chi connectivity index (χ0v) is 12.8. The lowest BCUT2D eigenvalue weighted by atomic mass is 10.1. The molecule has 0 bridgehead atoms. The number of carbonyl (C=O) groups is 2. The Morgan fingerprint density at radius 3 is 2.64 bits per heavy atom. The van der Waals surface area contributed by atoms with Crippen LogP contribution >= 0.6 is 0 Å². The van der Waals surface area contributed by atoms with E-state index in [1.165, 1.54) is 0 Å². The molecule has 0 saturated heterocycles. The molecular formula is C13H27N4O5+. The Balaban J connectivity index is 1.97. The smallest absolute Gasteiger partial charge is 0.329 e. The van der Waals surface area contributed by atoms with Gasteiger partial charge in [-0.25, -0.2) is 4.79 Å². The van der Waals surface area contributed by atoms with E-state index < -0.39 is 11.5 Å². The fourth-order valence-electron chi connectivity index (χ4n) is 2.33. The average Bonchev–Trinajstić information content (AvgIpc) is 3.22. The van der Waals surface area contributed by atoms with E-state index >= 15 is 0 Å². The third-order valence-corrected chi connectivity index (χ3v) is 3.72. The third-order valence-electron chi connectivity index (χ3n) is 3.72. The highest BCUT2D eigenvalue weighted by molar-refractivity contribution is 5.83. The van der Waals surface area contributed by atoms with Crippen molar-refractivity contribution in [2.75, 3.05) is 39.5 Å². The zero-order chi connectivity index (χ0) is 16.4. The van der Waals surface area contributed by atoms with Gasteiger partial charge in [0, 0.05) is 13.1 Å². The molecule has 0 radical (unpaired) electrons. The van der Waals surface area contributed by atoms with Gasteiger partial charge >= 0.3 is 5.97 Å². The summed E-state index contributed by atoms with van der Waals surface area (Å²) in [5, 5.41) is 11.8. The highest BCUT2D eigenvalue weighted by Gasteiger charge is 2.61. The quantitative estimate of drug-likeness (QED) is 0.185. The van der Waals surface area contributed by atoms with Crippen LogP contribution in [0.3, 0.4) is 0 Å². The largest absolute Gasteiger partial charge is 0.480 e. The Hall–Kier alpha value is -1.26. The highest BCUT2D eigenvalue weighted by Crippen LogP contribution is 2.45. The lowest BCUT2D eigenvalue weighted by Gasteiger charge is -2.09. The fraction of sp³-hybridized carbons (Fsp3) is 0.846. The van der Waals surface area contributed by atoms with Gasteiger partial charge in [-0.1, -0.05) is 0 Å². The number of hydrogen-bond acceptors (Lipinski definition) is 6. The number of carboxylic acids is 1. The summed E-state index contributed by atoms with van der Waals surface area (Å²) in [5.41, 5.74) is 7.02. The average molecular weight is 319 g/mol. The molecule has 1 aliphatic rings. The van der Waals surface area contributed by atoms with Crippen molar-refractivity contribution in [1.82, 2.24) is 10.7 Å². The summed E-state index contributed by atoms with van der Waals surface area (Å²) in [7, 11) is 0. The van der Waals surface area contributed by atoms with Crippen molar-refractivity contribution in [3.8, 4) is 0 Å². The Morgan fingerprint density at radius 2 is 2.05 bits per heavy atom. The molecule has 128 valence electrons. The van der Waals surface area contributed by atoms with Gasteiger partial charge in [-0.05, 0) is 25.2 Å². The van der Waals surface area contributed by atoms with E-state index in [0.29, 0.717) is 39.3 Å². The lowest BCUT2D eigenvalue weighted by Crippen LogP contribution is -2.72. The molecule has 0 aromatic carbocycles. The number of aliphatic carboxylic acids is 1. The maximum absolute atomic E-state index is 11.5. The van der Waals surface area contributed by atoms with Crippen LogP contribution in [-0.4, -0.2) is 62.0 Å². The molecule has 0 spiro atoms. The molecule has 22 heavy (non-hydrogen) atoms. The molecule has 0 aromatic rings. The van der Waals surface area contributed by atoms with E-state index in [0.717, 1.165) is 12.8 Å². The molecule has 1 aliphatic carbocycles. The van der Waals surface area contributed by atoms with Crippen LogP contribution in [0, 0.1) is 5.92 Å². The van der Waals surface area contributed by atoms with E-state index in [1.54, 1.807) is 0 Å². The molecule has 9 nitrogen and oxygen atoms in total. The molecule has 0 aliphatic heterocycles. The van der Waals surface area contributed by atoms with Gasteiger partial charge in [0.05, 0.1) is 19.8 Å². The number of amides is 1. The van der Waals surface area contributed by atoms with Gasteiger partial charge in [0.1, 0.15) is 6.61 Å². The summed E-state index contributed by atoms with van der Waals surface area (Å²) in [6.07, 6.45) is 2.06. The number of ether oxygens (including phenoxy) is 2. The first kappa shape index (κ1) is 18.8. The number of rotatable bonds is 13. The Labute approximate surface area is 129 Å². The van der Waals surface area contributed by atoms with Crippen molar-refractivity contribution < 1.29 is 30.0 Å². The van der Waals surface area contributed by atoms with Crippen LogP contribution in [0.5, 0.6) is 0 Å². The van der Waals surface area contributed by atoms with Gasteiger partial charge in [0.25, 0.3) is 0 Å². The van der Waals surface area contributed by atoms with E-state index in [2.05, 4.69) is 16.6 Å². The molecule has 8 N–H and O–H groups in total. The second-order valence-electron chi connectivity index (χ2n) is 5.30. The van der Waals surface area contributed by atoms with Crippen LogP contribution in [0.25, 0.3) is 0 Å². The number of nitrogens with one attached hydrogen (secondary N) is 2. The second kappa shape index (κ2) is 9.70. The van der Waals surface area contributed by atoms with Crippen molar-refractivity contribution in [3.05, 3.63) is 0 Å². The topological polar surface area (TPSA) is 151 Å². The third kappa shape index (κ3) is 5.85. The lowest BCUT2D eigenvalue weighted by molar-refractivity contribution is -0.453. The van der Waals surface area contributed by atoms with Gasteiger partial charge < -0.3 is 25.6 Å². The van der Waals surface area contributed by atoms with Crippen molar-refractivity contribution in [2.24, 2.45) is 11.7 Å². The second-order valence-corrected chi connectivity index (χ2v) is 5.30. The number of carboxylic acid groups (broad SMARTS) is 1. The van der Waals surface area contributed by atoms with Gasteiger partial charge in [0.2, 0.25) is 5.91 Å². The minimum Gasteiger partial charge on any atom is -0.480 e. The van der Waals surface area contributed by atoms with E-state index in [9.17, 15) is 9.59 Å². The van der Waals surface area contributed by atoms with E-state index in [1.807, 2.05) is 0 Å². The zero-order valence-electron chi connectivity index (χ0n) is 12.8. The van der Waals surface area contributed by atoms with Gasteiger partial charge in [-0.3, -0.25) is 10.6 Å². The molecule has 9 heteroatoms. The normalized spacial score (nSPS) is 23.3. The molecule has 1 fully saturated rings. The van der Waals surface area contributed by atoms with Crippen LogP contribution in [-0.2, 0) is 19.1 Å². The number of hydrogen-bond donors (Lipinski definition) is 5. The molecule has 1 saturated carbocycles. The molecule has 0 aromatic heterocycles. The molecule has 2 atom stereocenters. The SMILES string of the molecule is NCCOCCOCC(=O)NCCCC1CC1(N[NH3+])C(=O)O. The predicted molar refractivity (Wildman–Crippen MR) is 77.4 cm³/mol. The molecule has 0 heterocycles. The summed E-state index contributed by atoms with van der Waals surface area (Å²) in [6.45, 7) is 2.22. The maximum atomic E-state index is 11.5. The molecular weight excluding hydrogens is 292 g/mol. The predicted octanol–water partition coefficient (Wildman–Crippen LogP) is -2.54. The minimum absolute atomic E-state index is 0.00505. The van der Waals surface area contributed by atoms with Crippen molar-refractivity contribution in [2.45, 2.75) is 24.8 Å². The van der Waals surface area contributed by atoms with Crippen molar-refractivity contribution in [3.63, 3.8) is 0 Å². The van der Waals surface area contributed by atoms with Crippen LogP contribution in [0.15, 0.2) is 0 Å². The summed E-state index contributed by atoms with van der Waals surface area (Å²) < 4.78 is 10.2. The van der Waals surface area contributed by atoms with Gasteiger partial charge in [-0.2, -0.15) is 5.43 Å². The summed E-state index contributed by atoms with van der Waals surface area (Å²) in [5.74, 6) is 2.51. The Bertz CT molecular complexity index is 368. The highest BCUT2D eigenvalue weighted by atomic mass is 16.5. The van der Waals surface area contributed by atoms with Crippen LogP contribution in [0.4, 0.5) is 0 Å². The van der Waals surface area contributed by atoms with Gasteiger partial charge in [0.15, 0.2) is 5.54 Å². The Kier molecular flexibility index (Phi) is 8.28. The fourth-order valence-corrected chi connectivity index (χ4v) is 2.33. The summed E-state index contributed by atoms with van der Waals surface area (Å²) >= 11 is 0.